The van der Waals surface area contributed by atoms with Crippen molar-refractivity contribution in [1.29, 1.82) is 0 Å². The molecule has 0 amide bonds. The lowest BCUT2D eigenvalue weighted by molar-refractivity contribution is 0.588. The van der Waals surface area contributed by atoms with Crippen molar-refractivity contribution in [1.82, 2.24) is 19.3 Å². The Bertz CT molecular complexity index is 1110. The van der Waals surface area contributed by atoms with Crippen molar-refractivity contribution >= 4 is 11.0 Å². The third kappa shape index (κ3) is 2.33. The van der Waals surface area contributed by atoms with E-state index in [0.717, 1.165) is 28.5 Å². The van der Waals surface area contributed by atoms with Crippen LogP contribution in [0, 0.1) is 25.5 Å². The number of rotatable bonds is 2. The fourth-order valence-electron chi connectivity index (χ4n) is 3.32. The zero-order chi connectivity index (χ0) is 17.7. The van der Waals surface area contributed by atoms with Crippen molar-refractivity contribution in [2.24, 2.45) is 7.05 Å². The molecule has 0 aliphatic rings. The summed E-state index contributed by atoms with van der Waals surface area (Å²) in [6, 6.07) is 10.1. The van der Waals surface area contributed by atoms with E-state index < -0.39 is 11.6 Å². The molecule has 0 unspecified atom stereocenters. The average Bonchev–Trinajstić information content (AvgIpc) is 3.08. The highest BCUT2D eigenvalue weighted by Crippen LogP contribution is 2.34. The molecule has 0 radical (unpaired) electrons. The number of aromatic nitrogens is 4. The van der Waals surface area contributed by atoms with Gasteiger partial charge in [0.15, 0.2) is 5.82 Å². The van der Waals surface area contributed by atoms with Crippen LogP contribution >= 0.6 is 0 Å². The molecule has 0 saturated carbocycles. The van der Waals surface area contributed by atoms with E-state index in [4.69, 9.17) is 0 Å². The maximum Gasteiger partial charge on any atom is 0.152 e. The van der Waals surface area contributed by atoms with Crippen molar-refractivity contribution in [3.63, 3.8) is 0 Å². The normalized spacial score (nSPS) is 11.4. The van der Waals surface area contributed by atoms with Crippen molar-refractivity contribution < 1.29 is 8.78 Å². The third-order valence-corrected chi connectivity index (χ3v) is 4.40. The Morgan fingerprint density at radius 3 is 2.56 bits per heavy atom. The Labute approximate surface area is 143 Å². The predicted octanol–water partition coefficient (Wildman–Crippen LogP) is 4.32. The van der Waals surface area contributed by atoms with E-state index in [2.05, 4.69) is 10.1 Å². The Morgan fingerprint density at radius 1 is 1.04 bits per heavy atom. The van der Waals surface area contributed by atoms with Crippen molar-refractivity contribution in [2.75, 3.05) is 0 Å². The number of imidazole rings is 1. The van der Waals surface area contributed by atoms with Crippen molar-refractivity contribution in [3.8, 4) is 16.9 Å². The summed E-state index contributed by atoms with van der Waals surface area (Å²) in [7, 11) is 1.80. The van der Waals surface area contributed by atoms with Gasteiger partial charge in [0.25, 0.3) is 0 Å². The predicted molar refractivity (Wildman–Crippen MR) is 92.7 cm³/mol. The molecule has 2 aromatic carbocycles. The van der Waals surface area contributed by atoms with Gasteiger partial charge in [-0.2, -0.15) is 5.10 Å². The lowest BCUT2D eigenvalue weighted by atomic mass is 10.0. The van der Waals surface area contributed by atoms with Gasteiger partial charge in [-0.1, -0.05) is 24.3 Å². The van der Waals surface area contributed by atoms with Crippen LogP contribution in [0.4, 0.5) is 8.78 Å². The zero-order valence-corrected chi connectivity index (χ0v) is 14.1. The van der Waals surface area contributed by atoms with Crippen LogP contribution in [0.15, 0.2) is 42.7 Å². The smallest absolute Gasteiger partial charge is 0.152 e. The van der Waals surface area contributed by atoms with E-state index in [1.165, 1.54) is 12.4 Å². The molecule has 0 bridgehead atoms. The number of hydrogen-bond donors (Lipinski definition) is 0. The highest BCUT2D eigenvalue weighted by atomic mass is 19.1. The second kappa shape index (κ2) is 5.51. The second-order valence-electron chi connectivity index (χ2n) is 6.09. The minimum atomic E-state index is -0.651. The van der Waals surface area contributed by atoms with Crippen LogP contribution in [-0.4, -0.2) is 19.3 Å². The Kier molecular flexibility index (Phi) is 3.42. The van der Waals surface area contributed by atoms with E-state index >= 15 is 0 Å². The van der Waals surface area contributed by atoms with Gasteiger partial charge in [-0.3, -0.25) is 9.25 Å². The maximum absolute atomic E-state index is 14.4. The highest BCUT2D eigenvalue weighted by Gasteiger charge is 2.21. The first-order valence-electron chi connectivity index (χ1n) is 7.89. The van der Waals surface area contributed by atoms with Crippen LogP contribution in [0.1, 0.15) is 11.3 Å². The van der Waals surface area contributed by atoms with Gasteiger partial charge in [0, 0.05) is 24.7 Å². The first-order chi connectivity index (χ1) is 12.0. The van der Waals surface area contributed by atoms with Crippen LogP contribution < -0.4 is 0 Å². The summed E-state index contributed by atoms with van der Waals surface area (Å²) in [4.78, 5) is 4.17. The van der Waals surface area contributed by atoms with Crippen LogP contribution in [0.3, 0.4) is 0 Å². The van der Waals surface area contributed by atoms with Gasteiger partial charge in [0.2, 0.25) is 0 Å². The van der Waals surface area contributed by atoms with Gasteiger partial charge in [-0.05, 0) is 25.0 Å². The van der Waals surface area contributed by atoms with Gasteiger partial charge in [-0.25, -0.2) is 13.8 Å². The van der Waals surface area contributed by atoms with E-state index in [-0.39, 0.29) is 11.0 Å². The molecule has 4 rings (SSSR count). The van der Waals surface area contributed by atoms with Crippen molar-refractivity contribution in [3.05, 3.63) is 65.6 Å². The molecule has 0 atom stereocenters. The van der Waals surface area contributed by atoms with Crippen LogP contribution in [-0.2, 0) is 7.05 Å². The summed E-state index contributed by atoms with van der Waals surface area (Å²) in [6.07, 6.45) is 1.51. The highest BCUT2D eigenvalue weighted by molar-refractivity contribution is 5.82. The first kappa shape index (κ1) is 15.5. The first-order valence-corrected chi connectivity index (χ1v) is 7.89. The molecule has 0 aliphatic heterocycles. The van der Waals surface area contributed by atoms with Gasteiger partial charge in [0.05, 0.1) is 11.2 Å². The Balaban J connectivity index is 2.07. The molecule has 4 nitrogen and oxygen atoms in total. The molecule has 0 aliphatic carbocycles. The second-order valence-corrected chi connectivity index (χ2v) is 6.09. The minimum absolute atomic E-state index is 0.235. The molecule has 0 saturated heterocycles. The summed E-state index contributed by atoms with van der Waals surface area (Å²) in [5.74, 6) is -0.600. The lowest BCUT2D eigenvalue weighted by Crippen LogP contribution is -2.04. The van der Waals surface area contributed by atoms with Gasteiger partial charge < -0.3 is 0 Å². The van der Waals surface area contributed by atoms with E-state index in [1.807, 2.05) is 38.1 Å². The fourth-order valence-corrected chi connectivity index (χ4v) is 3.32. The number of hydrogen-bond acceptors (Lipinski definition) is 2. The molecule has 4 aromatic rings. The molecular weight excluding hydrogens is 322 g/mol. The Hall–Kier alpha value is -3.02. The minimum Gasteiger partial charge on any atom is -0.280 e. The molecule has 2 heterocycles. The van der Waals surface area contributed by atoms with Crippen molar-refractivity contribution in [2.45, 2.75) is 13.8 Å². The summed E-state index contributed by atoms with van der Waals surface area (Å²) in [6.45, 7) is 3.94. The molecular formula is C19H16F2N4. The van der Waals surface area contributed by atoms with E-state index in [1.54, 1.807) is 16.3 Å². The van der Waals surface area contributed by atoms with Crippen LogP contribution in [0.2, 0.25) is 0 Å². The van der Waals surface area contributed by atoms with Crippen LogP contribution in [0.25, 0.3) is 28.0 Å². The molecule has 2 aromatic heterocycles. The summed E-state index contributed by atoms with van der Waals surface area (Å²) >= 11 is 0. The number of aryl methyl sites for hydroxylation is 3. The lowest BCUT2D eigenvalue weighted by Gasteiger charge is -2.11. The summed E-state index contributed by atoms with van der Waals surface area (Å²) in [5.41, 5.74) is 4.36. The largest absolute Gasteiger partial charge is 0.280 e. The summed E-state index contributed by atoms with van der Waals surface area (Å²) in [5, 5.41) is 4.51. The Morgan fingerprint density at radius 2 is 1.80 bits per heavy atom. The molecule has 0 spiro atoms. The van der Waals surface area contributed by atoms with E-state index in [9.17, 15) is 8.78 Å². The van der Waals surface area contributed by atoms with Gasteiger partial charge in [-0.15, -0.1) is 0 Å². The van der Waals surface area contributed by atoms with E-state index in [0.29, 0.717) is 5.82 Å². The molecule has 0 fully saturated rings. The number of benzene rings is 2. The quantitative estimate of drug-likeness (QED) is 0.546. The topological polar surface area (TPSA) is 35.6 Å². The molecule has 6 heteroatoms. The SMILES string of the molecule is Cc1ccccc1-c1c(C)nn(C)c1-n1cnc2cc(F)cc(F)c21. The maximum atomic E-state index is 14.4. The fraction of sp³-hybridized carbons (Fsp3) is 0.158. The number of nitrogens with zero attached hydrogens (tertiary/aromatic N) is 4. The van der Waals surface area contributed by atoms with Crippen LogP contribution in [0.5, 0.6) is 0 Å². The third-order valence-electron chi connectivity index (χ3n) is 4.40. The molecule has 0 N–H and O–H groups in total. The van der Waals surface area contributed by atoms with Gasteiger partial charge >= 0.3 is 0 Å². The van der Waals surface area contributed by atoms with Gasteiger partial charge in [0.1, 0.15) is 23.5 Å². The number of halogens is 2. The monoisotopic (exact) mass is 338 g/mol. The number of fused-ring (bicyclic) bond motifs is 1. The standard InChI is InChI=1S/C19H16F2N4/c1-11-6-4-5-7-14(11)17-12(2)23-24(3)19(17)25-10-22-16-9-13(20)8-15(21)18(16)25/h4-10H,1-3H3. The average molecular weight is 338 g/mol. The zero-order valence-electron chi connectivity index (χ0n) is 14.1. The molecule has 25 heavy (non-hydrogen) atoms. The molecule has 126 valence electrons. The summed E-state index contributed by atoms with van der Waals surface area (Å²) < 4.78 is 31.3.